The highest BCUT2D eigenvalue weighted by atomic mass is 35.5. The number of imidazole rings is 1. The van der Waals surface area contributed by atoms with Crippen LogP contribution in [0.3, 0.4) is 0 Å². The van der Waals surface area contributed by atoms with Crippen molar-refractivity contribution < 1.29 is 18.4 Å². The molecule has 1 N–H and O–H groups in total. The number of rotatable bonds is 8. The van der Waals surface area contributed by atoms with E-state index in [1.54, 1.807) is 6.07 Å². The number of fused-ring (bicyclic) bond motifs is 1. The van der Waals surface area contributed by atoms with E-state index < -0.39 is 17.5 Å². The Bertz CT molecular complexity index is 1270. The zero-order valence-electron chi connectivity index (χ0n) is 20.4. The number of benzene rings is 2. The summed E-state index contributed by atoms with van der Waals surface area (Å²) in [7, 11) is 0. The number of aromatic nitrogens is 2. The zero-order valence-corrected chi connectivity index (χ0v) is 21.2. The van der Waals surface area contributed by atoms with E-state index >= 15 is 0 Å². The molecule has 0 saturated heterocycles. The van der Waals surface area contributed by atoms with Gasteiger partial charge >= 0.3 is 0 Å². The molecule has 1 aliphatic rings. The third-order valence-corrected chi connectivity index (χ3v) is 6.81. The Labute approximate surface area is 214 Å². The van der Waals surface area contributed by atoms with E-state index in [2.05, 4.69) is 5.32 Å². The maximum Gasteiger partial charge on any atom is 0.272 e. The summed E-state index contributed by atoms with van der Waals surface area (Å²) in [6.45, 7) is 5.02. The quantitative estimate of drug-likeness (QED) is 0.411. The first kappa shape index (κ1) is 25.8. The molecule has 1 aromatic heterocycles. The Balaban J connectivity index is 1.72. The number of nitrogens with one attached hydrogen (secondary N) is 1. The normalized spacial score (nSPS) is 12.8. The van der Waals surface area contributed by atoms with Crippen molar-refractivity contribution in [2.75, 3.05) is 11.4 Å². The molecule has 0 saturated carbocycles. The lowest BCUT2D eigenvalue weighted by molar-refractivity contribution is 0.0941. The third kappa shape index (κ3) is 5.28. The molecule has 1 aliphatic heterocycles. The number of carbonyl (C=O) groups is 2. The van der Waals surface area contributed by atoms with Crippen LogP contribution < -0.4 is 10.2 Å². The number of anilines is 1. The first-order valence-electron chi connectivity index (χ1n) is 12.2. The van der Waals surface area contributed by atoms with Crippen molar-refractivity contribution in [2.45, 2.75) is 59.0 Å². The average Bonchev–Trinajstić information content (AvgIpc) is 3.24. The van der Waals surface area contributed by atoms with Crippen LogP contribution in [0.2, 0.25) is 5.02 Å². The molecule has 0 bridgehead atoms. The van der Waals surface area contributed by atoms with E-state index in [-0.39, 0.29) is 30.4 Å². The van der Waals surface area contributed by atoms with E-state index in [1.807, 2.05) is 30.5 Å². The second-order valence-electron chi connectivity index (χ2n) is 8.97. The second kappa shape index (κ2) is 11.2. The van der Waals surface area contributed by atoms with Crippen LogP contribution in [-0.4, -0.2) is 27.9 Å². The number of amides is 2. The van der Waals surface area contributed by atoms with Gasteiger partial charge in [-0.1, -0.05) is 37.1 Å². The molecule has 36 heavy (non-hydrogen) atoms. The molecule has 0 atom stereocenters. The minimum atomic E-state index is -1.10. The Morgan fingerprint density at radius 2 is 1.97 bits per heavy atom. The summed E-state index contributed by atoms with van der Waals surface area (Å²) in [5.74, 6) is -2.07. The van der Waals surface area contributed by atoms with E-state index in [0.717, 1.165) is 48.3 Å². The fourth-order valence-electron chi connectivity index (χ4n) is 4.43. The SMILES string of the molecule is CCCCN(C(=O)c1ccc(F)c(F)c1)c1nc2n(c1C(=O)NCc1c(C)cccc1Cl)CCCC2. The van der Waals surface area contributed by atoms with Crippen molar-refractivity contribution in [1.29, 1.82) is 0 Å². The number of carbonyl (C=O) groups excluding carboxylic acids is 2. The number of nitrogens with zero attached hydrogens (tertiary/aromatic N) is 3. The van der Waals surface area contributed by atoms with Gasteiger partial charge < -0.3 is 9.88 Å². The molecular formula is C27H29ClF2N4O2. The van der Waals surface area contributed by atoms with Crippen molar-refractivity contribution in [2.24, 2.45) is 0 Å². The number of unbranched alkanes of at least 4 members (excludes halogenated alkanes) is 1. The Morgan fingerprint density at radius 3 is 2.69 bits per heavy atom. The van der Waals surface area contributed by atoms with Gasteiger partial charge in [0.15, 0.2) is 23.1 Å². The van der Waals surface area contributed by atoms with Crippen LogP contribution in [-0.2, 0) is 19.5 Å². The highest BCUT2D eigenvalue weighted by molar-refractivity contribution is 6.31. The summed E-state index contributed by atoms with van der Waals surface area (Å²) in [6, 6.07) is 8.60. The molecule has 2 heterocycles. The highest BCUT2D eigenvalue weighted by Crippen LogP contribution is 2.29. The number of hydrogen-bond donors (Lipinski definition) is 1. The maximum absolute atomic E-state index is 13.9. The molecule has 0 spiro atoms. The monoisotopic (exact) mass is 514 g/mol. The minimum absolute atomic E-state index is 0.00553. The van der Waals surface area contributed by atoms with Crippen LogP contribution in [0.4, 0.5) is 14.6 Å². The molecule has 4 rings (SSSR count). The fourth-order valence-corrected chi connectivity index (χ4v) is 4.72. The van der Waals surface area contributed by atoms with E-state index in [1.165, 1.54) is 11.0 Å². The van der Waals surface area contributed by atoms with Crippen LogP contribution in [0.1, 0.15) is 70.4 Å². The summed E-state index contributed by atoms with van der Waals surface area (Å²) < 4.78 is 29.3. The van der Waals surface area contributed by atoms with Gasteiger partial charge in [-0.05, 0) is 61.6 Å². The van der Waals surface area contributed by atoms with Gasteiger partial charge in [-0.15, -0.1) is 0 Å². The van der Waals surface area contributed by atoms with Gasteiger partial charge in [-0.3, -0.25) is 14.5 Å². The second-order valence-corrected chi connectivity index (χ2v) is 9.37. The fraction of sp³-hybridized carbons (Fsp3) is 0.370. The summed E-state index contributed by atoms with van der Waals surface area (Å²) in [5.41, 5.74) is 2.06. The van der Waals surface area contributed by atoms with Gasteiger partial charge in [0.25, 0.3) is 11.8 Å². The lowest BCUT2D eigenvalue weighted by Crippen LogP contribution is -2.35. The Kier molecular flexibility index (Phi) is 8.04. The first-order chi connectivity index (χ1) is 17.3. The molecule has 9 heteroatoms. The topological polar surface area (TPSA) is 67.2 Å². The van der Waals surface area contributed by atoms with Crippen molar-refractivity contribution >= 4 is 29.2 Å². The van der Waals surface area contributed by atoms with E-state index in [0.29, 0.717) is 30.1 Å². The van der Waals surface area contributed by atoms with Gasteiger partial charge in [0.2, 0.25) is 0 Å². The molecule has 6 nitrogen and oxygen atoms in total. The van der Waals surface area contributed by atoms with E-state index in [9.17, 15) is 18.4 Å². The van der Waals surface area contributed by atoms with E-state index in [4.69, 9.17) is 16.6 Å². The predicted molar refractivity (Wildman–Crippen MR) is 135 cm³/mol. The minimum Gasteiger partial charge on any atom is -0.346 e. The van der Waals surface area contributed by atoms with Crippen LogP contribution in [0.15, 0.2) is 36.4 Å². The Hall–Kier alpha value is -3.26. The largest absolute Gasteiger partial charge is 0.346 e. The molecule has 190 valence electrons. The summed E-state index contributed by atoms with van der Waals surface area (Å²) in [6.07, 6.45) is 3.95. The average molecular weight is 515 g/mol. The maximum atomic E-state index is 13.9. The number of aryl methyl sites for hydroxylation is 2. The lowest BCUT2D eigenvalue weighted by atomic mass is 10.1. The van der Waals surface area contributed by atoms with Crippen molar-refractivity contribution in [3.8, 4) is 0 Å². The van der Waals surface area contributed by atoms with Crippen LogP contribution in [0, 0.1) is 18.6 Å². The third-order valence-electron chi connectivity index (χ3n) is 6.46. The zero-order chi connectivity index (χ0) is 25.8. The highest BCUT2D eigenvalue weighted by Gasteiger charge is 2.31. The van der Waals surface area contributed by atoms with Crippen LogP contribution >= 0.6 is 11.6 Å². The molecule has 0 aliphatic carbocycles. The number of halogens is 3. The summed E-state index contributed by atoms with van der Waals surface area (Å²) in [5, 5.41) is 3.51. The molecule has 0 fully saturated rings. The molecule has 2 aromatic carbocycles. The molecule has 0 radical (unpaired) electrons. The summed E-state index contributed by atoms with van der Waals surface area (Å²) >= 11 is 6.35. The van der Waals surface area contributed by atoms with Crippen LogP contribution in [0.25, 0.3) is 0 Å². The summed E-state index contributed by atoms with van der Waals surface area (Å²) in [4.78, 5) is 33.2. The predicted octanol–water partition coefficient (Wildman–Crippen LogP) is 5.84. The molecular weight excluding hydrogens is 486 g/mol. The first-order valence-corrected chi connectivity index (χ1v) is 12.6. The van der Waals surface area contributed by atoms with Crippen molar-refractivity contribution in [3.63, 3.8) is 0 Å². The lowest BCUT2D eigenvalue weighted by Gasteiger charge is -2.23. The van der Waals surface area contributed by atoms with Gasteiger partial charge in [0, 0.05) is 36.6 Å². The van der Waals surface area contributed by atoms with Gasteiger partial charge in [-0.2, -0.15) is 0 Å². The molecule has 3 aromatic rings. The van der Waals surface area contributed by atoms with Crippen molar-refractivity contribution in [1.82, 2.24) is 14.9 Å². The Morgan fingerprint density at radius 1 is 1.17 bits per heavy atom. The van der Waals surface area contributed by atoms with Crippen molar-refractivity contribution in [3.05, 3.63) is 81.3 Å². The van der Waals surface area contributed by atoms with Gasteiger partial charge in [0.05, 0.1) is 0 Å². The smallest absolute Gasteiger partial charge is 0.272 e. The van der Waals surface area contributed by atoms with Crippen LogP contribution in [0.5, 0.6) is 0 Å². The van der Waals surface area contributed by atoms with Gasteiger partial charge in [0.1, 0.15) is 5.82 Å². The molecule has 0 unspecified atom stereocenters. The molecule has 2 amide bonds. The van der Waals surface area contributed by atoms with Gasteiger partial charge in [-0.25, -0.2) is 13.8 Å². The number of hydrogen-bond acceptors (Lipinski definition) is 3. The standard InChI is InChI=1S/C27H29ClF2N4O2/c1-3-4-13-34(27(36)18-11-12-21(29)22(30)15-18)25-24(33-14-6-5-10-23(33)32-25)26(35)31-16-19-17(2)8-7-9-20(19)28/h7-9,11-12,15H,3-6,10,13-14,16H2,1-2H3,(H,31,35).